The van der Waals surface area contributed by atoms with Crippen LogP contribution in [-0.2, 0) is 9.84 Å². The highest BCUT2D eigenvalue weighted by molar-refractivity contribution is 7.90. The van der Waals surface area contributed by atoms with Crippen LogP contribution in [-0.4, -0.2) is 27.8 Å². The van der Waals surface area contributed by atoms with Gasteiger partial charge in [-0.05, 0) is 42.5 Å². The Morgan fingerprint density at radius 3 is 2.52 bits per heavy atom. The van der Waals surface area contributed by atoms with Crippen molar-refractivity contribution in [1.82, 2.24) is 0 Å². The third-order valence-corrected chi connectivity index (χ3v) is 4.14. The smallest absolute Gasteiger partial charge is 0.175 e. The zero-order chi connectivity index (χ0) is 15.3. The lowest BCUT2D eigenvalue weighted by atomic mass is 10.3. The summed E-state index contributed by atoms with van der Waals surface area (Å²) < 4.78 is 28.4. The second-order valence-corrected chi connectivity index (χ2v) is 6.98. The van der Waals surface area contributed by atoms with E-state index in [4.69, 9.17) is 16.3 Å². The maximum Gasteiger partial charge on any atom is 0.175 e. The first-order chi connectivity index (χ1) is 9.95. The minimum absolute atomic E-state index is 0.255. The Morgan fingerprint density at radius 2 is 1.86 bits per heavy atom. The van der Waals surface area contributed by atoms with Crippen LogP contribution in [0.25, 0.3) is 0 Å². The fourth-order valence-electron chi connectivity index (χ4n) is 1.73. The van der Waals surface area contributed by atoms with Gasteiger partial charge in [0.1, 0.15) is 12.4 Å². The standard InChI is InChI=1S/C15H16ClNO3S/c1-21(18,19)15-4-2-3-14(11-15)20-10-9-17-13-7-5-12(16)6-8-13/h2-8,11,17H,9-10H2,1H3. The van der Waals surface area contributed by atoms with E-state index in [9.17, 15) is 8.42 Å². The molecule has 0 bridgehead atoms. The lowest BCUT2D eigenvalue weighted by Crippen LogP contribution is -2.11. The molecule has 0 fully saturated rings. The zero-order valence-electron chi connectivity index (χ0n) is 11.5. The molecular weight excluding hydrogens is 310 g/mol. The molecule has 112 valence electrons. The average Bonchev–Trinajstić information content (AvgIpc) is 2.45. The summed E-state index contributed by atoms with van der Waals surface area (Å²) in [6.07, 6.45) is 1.17. The highest BCUT2D eigenvalue weighted by Gasteiger charge is 2.07. The Balaban J connectivity index is 1.85. The molecule has 4 nitrogen and oxygen atoms in total. The second-order valence-electron chi connectivity index (χ2n) is 4.53. The van der Waals surface area contributed by atoms with Gasteiger partial charge in [-0.15, -0.1) is 0 Å². The van der Waals surface area contributed by atoms with Crippen LogP contribution >= 0.6 is 11.6 Å². The Kier molecular flexibility index (Phi) is 5.09. The zero-order valence-corrected chi connectivity index (χ0v) is 13.1. The van der Waals surface area contributed by atoms with Crippen molar-refractivity contribution in [2.45, 2.75) is 4.90 Å². The molecule has 0 radical (unpaired) electrons. The van der Waals surface area contributed by atoms with Gasteiger partial charge in [0, 0.05) is 23.5 Å². The first kappa shape index (κ1) is 15.7. The van der Waals surface area contributed by atoms with Gasteiger partial charge in [0.25, 0.3) is 0 Å². The predicted molar refractivity (Wildman–Crippen MR) is 85.0 cm³/mol. The van der Waals surface area contributed by atoms with Crippen LogP contribution in [0.4, 0.5) is 5.69 Å². The van der Waals surface area contributed by atoms with Gasteiger partial charge >= 0.3 is 0 Å². The van der Waals surface area contributed by atoms with E-state index >= 15 is 0 Å². The minimum atomic E-state index is -3.21. The van der Waals surface area contributed by atoms with E-state index in [-0.39, 0.29) is 4.90 Å². The van der Waals surface area contributed by atoms with Crippen LogP contribution in [0.5, 0.6) is 5.75 Å². The number of sulfone groups is 1. The lowest BCUT2D eigenvalue weighted by molar-refractivity contribution is 0.332. The van der Waals surface area contributed by atoms with Crippen molar-refractivity contribution in [3.8, 4) is 5.75 Å². The summed E-state index contributed by atoms with van der Waals surface area (Å²) in [6, 6.07) is 13.8. The number of nitrogens with one attached hydrogen (secondary N) is 1. The molecule has 0 unspecified atom stereocenters. The van der Waals surface area contributed by atoms with Crippen LogP contribution in [0.2, 0.25) is 5.02 Å². The fraction of sp³-hybridized carbons (Fsp3) is 0.200. The van der Waals surface area contributed by atoms with Crippen molar-refractivity contribution >= 4 is 27.1 Å². The molecule has 0 atom stereocenters. The molecule has 21 heavy (non-hydrogen) atoms. The van der Waals surface area contributed by atoms with Crippen LogP contribution in [0.15, 0.2) is 53.4 Å². The molecule has 0 aromatic heterocycles. The first-order valence-electron chi connectivity index (χ1n) is 6.37. The molecule has 0 saturated heterocycles. The van der Waals surface area contributed by atoms with E-state index in [1.54, 1.807) is 30.3 Å². The third kappa shape index (κ3) is 4.95. The molecule has 0 aliphatic heterocycles. The summed E-state index contributed by atoms with van der Waals surface area (Å²) >= 11 is 5.80. The molecule has 6 heteroatoms. The van der Waals surface area contributed by atoms with Crippen LogP contribution in [0.3, 0.4) is 0 Å². The molecule has 0 spiro atoms. The third-order valence-electron chi connectivity index (χ3n) is 2.78. The highest BCUT2D eigenvalue weighted by Crippen LogP contribution is 2.17. The second kappa shape index (κ2) is 6.83. The Labute approximate surface area is 129 Å². The summed E-state index contributed by atoms with van der Waals surface area (Å²) in [6.45, 7) is 1.03. The van der Waals surface area contributed by atoms with Gasteiger partial charge in [-0.25, -0.2) is 8.42 Å². The normalized spacial score (nSPS) is 11.1. The maximum atomic E-state index is 11.4. The van der Waals surface area contributed by atoms with Crippen LogP contribution in [0, 0.1) is 0 Å². The molecule has 0 aliphatic carbocycles. The van der Waals surface area contributed by atoms with Crippen molar-refractivity contribution in [1.29, 1.82) is 0 Å². The number of rotatable bonds is 6. The monoisotopic (exact) mass is 325 g/mol. The van der Waals surface area contributed by atoms with Crippen molar-refractivity contribution in [3.63, 3.8) is 0 Å². The summed E-state index contributed by atoms with van der Waals surface area (Å²) in [5.41, 5.74) is 0.952. The number of hydrogen-bond donors (Lipinski definition) is 1. The van der Waals surface area contributed by atoms with Gasteiger partial charge in [0.15, 0.2) is 9.84 Å². The minimum Gasteiger partial charge on any atom is -0.492 e. The summed E-state index contributed by atoms with van der Waals surface area (Å²) in [5, 5.41) is 3.87. The maximum absolute atomic E-state index is 11.4. The van der Waals surface area contributed by atoms with Crippen LogP contribution < -0.4 is 10.1 Å². The number of halogens is 1. The molecule has 0 saturated carbocycles. The van der Waals surface area contributed by atoms with Crippen molar-refractivity contribution < 1.29 is 13.2 Å². The van der Waals surface area contributed by atoms with Gasteiger partial charge in [0.2, 0.25) is 0 Å². The predicted octanol–water partition coefficient (Wildman–Crippen LogP) is 3.23. The van der Waals surface area contributed by atoms with Gasteiger partial charge in [-0.2, -0.15) is 0 Å². The van der Waals surface area contributed by atoms with Gasteiger partial charge < -0.3 is 10.1 Å². The summed E-state index contributed by atoms with van der Waals surface area (Å²) in [4.78, 5) is 0.255. The van der Waals surface area contributed by atoms with E-state index in [0.29, 0.717) is 23.9 Å². The van der Waals surface area contributed by atoms with E-state index < -0.39 is 9.84 Å². The average molecular weight is 326 g/mol. The Morgan fingerprint density at radius 1 is 1.14 bits per heavy atom. The molecule has 0 amide bonds. The number of ether oxygens (including phenoxy) is 1. The molecule has 0 aliphatic rings. The fourth-order valence-corrected chi connectivity index (χ4v) is 2.51. The Hall–Kier alpha value is -1.72. The number of anilines is 1. The van der Waals surface area contributed by atoms with E-state index in [0.717, 1.165) is 5.69 Å². The summed E-state index contributed by atoms with van der Waals surface area (Å²) in [7, 11) is -3.21. The SMILES string of the molecule is CS(=O)(=O)c1cccc(OCCNc2ccc(Cl)cc2)c1. The topological polar surface area (TPSA) is 55.4 Å². The lowest BCUT2D eigenvalue weighted by Gasteiger charge is -2.09. The molecule has 2 aromatic rings. The first-order valence-corrected chi connectivity index (χ1v) is 8.64. The van der Waals surface area contributed by atoms with Crippen LogP contribution in [0.1, 0.15) is 0 Å². The van der Waals surface area contributed by atoms with Crippen molar-refractivity contribution in [3.05, 3.63) is 53.6 Å². The quantitative estimate of drug-likeness (QED) is 0.828. The van der Waals surface area contributed by atoms with Crippen molar-refractivity contribution in [2.24, 2.45) is 0 Å². The Bertz CT molecular complexity index is 699. The summed E-state index contributed by atoms with van der Waals surface area (Å²) in [5.74, 6) is 0.538. The van der Waals surface area contributed by atoms with Crippen molar-refractivity contribution in [2.75, 3.05) is 24.7 Å². The van der Waals surface area contributed by atoms with E-state index in [1.807, 2.05) is 12.1 Å². The molecule has 2 rings (SSSR count). The highest BCUT2D eigenvalue weighted by atomic mass is 35.5. The number of hydrogen-bond acceptors (Lipinski definition) is 4. The molecule has 2 aromatic carbocycles. The molecular formula is C15H16ClNO3S. The number of benzene rings is 2. The largest absolute Gasteiger partial charge is 0.492 e. The van der Waals surface area contributed by atoms with E-state index in [1.165, 1.54) is 12.3 Å². The molecule has 1 N–H and O–H groups in total. The van der Waals surface area contributed by atoms with Gasteiger partial charge in [-0.3, -0.25) is 0 Å². The van der Waals surface area contributed by atoms with E-state index in [2.05, 4.69) is 5.32 Å². The van der Waals surface area contributed by atoms with Gasteiger partial charge in [0.05, 0.1) is 4.90 Å². The molecule has 0 heterocycles. The van der Waals surface area contributed by atoms with Gasteiger partial charge in [-0.1, -0.05) is 17.7 Å².